The molecule has 2 rings (SSSR count). The quantitative estimate of drug-likeness (QED) is 0.615. The van der Waals surface area contributed by atoms with Gasteiger partial charge in [0.1, 0.15) is 0 Å². The van der Waals surface area contributed by atoms with Gasteiger partial charge >= 0.3 is 0 Å². The van der Waals surface area contributed by atoms with E-state index in [2.05, 4.69) is 33.8 Å². The SMILES string of the molecule is CC1=CC[C@@]2(C)C(=C(C)[C@H](O)C[C@@H]2C)CC1. The van der Waals surface area contributed by atoms with E-state index in [9.17, 15) is 5.11 Å². The van der Waals surface area contributed by atoms with E-state index in [1.165, 1.54) is 23.1 Å². The number of rotatable bonds is 0. The summed E-state index contributed by atoms with van der Waals surface area (Å²) in [5, 5.41) is 10.1. The first-order valence-electron chi connectivity index (χ1n) is 6.49. The molecular formula is C15H24O. The maximum absolute atomic E-state index is 10.1. The zero-order valence-electron chi connectivity index (χ0n) is 11.0. The maximum atomic E-state index is 10.1. The van der Waals surface area contributed by atoms with Gasteiger partial charge in [0.2, 0.25) is 0 Å². The van der Waals surface area contributed by atoms with E-state index in [0.717, 1.165) is 19.3 Å². The first kappa shape index (κ1) is 11.9. The lowest BCUT2D eigenvalue weighted by molar-refractivity contribution is 0.108. The number of allylic oxidation sites excluding steroid dienone is 3. The number of hydrogen-bond donors (Lipinski definition) is 1. The van der Waals surface area contributed by atoms with Gasteiger partial charge in [-0.3, -0.25) is 0 Å². The van der Waals surface area contributed by atoms with Gasteiger partial charge in [-0.1, -0.05) is 31.1 Å². The van der Waals surface area contributed by atoms with Gasteiger partial charge < -0.3 is 5.11 Å². The van der Waals surface area contributed by atoms with Crippen LogP contribution in [0.25, 0.3) is 0 Å². The van der Waals surface area contributed by atoms with Gasteiger partial charge in [-0.15, -0.1) is 0 Å². The number of aliphatic hydroxyl groups is 1. The van der Waals surface area contributed by atoms with Crippen LogP contribution < -0.4 is 0 Å². The summed E-state index contributed by atoms with van der Waals surface area (Å²) < 4.78 is 0. The Morgan fingerprint density at radius 3 is 2.69 bits per heavy atom. The molecule has 16 heavy (non-hydrogen) atoms. The predicted molar refractivity (Wildman–Crippen MR) is 68.2 cm³/mol. The van der Waals surface area contributed by atoms with E-state index in [0.29, 0.717) is 11.3 Å². The zero-order valence-corrected chi connectivity index (χ0v) is 11.0. The molecule has 90 valence electrons. The van der Waals surface area contributed by atoms with Crippen LogP contribution in [0.4, 0.5) is 0 Å². The van der Waals surface area contributed by atoms with Crippen LogP contribution in [0.3, 0.4) is 0 Å². The molecule has 0 aliphatic heterocycles. The molecule has 0 spiro atoms. The van der Waals surface area contributed by atoms with Crippen molar-refractivity contribution in [2.75, 3.05) is 0 Å². The highest BCUT2D eigenvalue weighted by Crippen LogP contribution is 2.50. The maximum Gasteiger partial charge on any atom is 0.0753 e. The molecule has 0 saturated heterocycles. The van der Waals surface area contributed by atoms with Crippen LogP contribution in [0.2, 0.25) is 0 Å². The van der Waals surface area contributed by atoms with E-state index in [1.807, 2.05) is 0 Å². The third kappa shape index (κ3) is 1.75. The number of fused-ring (bicyclic) bond motifs is 1. The van der Waals surface area contributed by atoms with Gasteiger partial charge in [0.25, 0.3) is 0 Å². The Morgan fingerprint density at radius 2 is 2.00 bits per heavy atom. The molecule has 1 heteroatoms. The number of hydrogen-bond acceptors (Lipinski definition) is 1. The van der Waals surface area contributed by atoms with Crippen molar-refractivity contribution in [2.45, 2.75) is 59.5 Å². The molecule has 3 atom stereocenters. The molecule has 0 fully saturated rings. The van der Waals surface area contributed by atoms with Crippen LogP contribution in [0.15, 0.2) is 22.8 Å². The van der Waals surface area contributed by atoms with Crippen LogP contribution in [0.5, 0.6) is 0 Å². The van der Waals surface area contributed by atoms with Gasteiger partial charge in [0, 0.05) is 0 Å². The van der Waals surface area contributed by atoms with E-state index < -0.39 is 0 Å². The Kier molecular flexibility index (Phi) is 3.00. The molecule has 0 aromatic heterocycles. The molecule has 0 heterocycles. The van der Waals surface area contributed by atoms with Crippen LogP contribution in [0, 0.1) is 11.3 Å². The molecule has 0 amide bonds. The van der Waals surface area contributed by atoms with Crippen molar-refractivity contribution in [3.8, 4) is 0 Å². The molecule has 1 N–H and O–H groups in total. The van der Waals surface area contributed by atoms with Crippen LogP contribution >= 0.6 is 0 Å². The van der Waals surface area contributed by atoms with E-state index in [-0.39, 0.29) is 6.10 Å². The molecule has 0 saturated carbocycles. The molecule has 2 aliphatic rings. The molecule has 0 unspecified atom stereocenters. The second kappa shape index (κ2) is 4.03. The lowest BCUT2D eigenvalue weighted by Crippen LogP contribution is -2.36. The third-order valence-corrected chi connectivity index (χ3v) is 4.97. The zero-order chi connectivity index (χ0) is 11.9. The second-order valence-corrected chi connectivity index (χ2v) is 5.99. The van der Waals surface area contributed by atoms with Crippen molar-refractivity contribution >= 4 is 0 Å². The lowest BCUT2D eigenvalue weighted by atomic mass is 9.62. The standard InChI is InChI=1S/C15H24O/c1-10-5-6-13-12(3)14(16)9-11(2)15(13,4)8-7-10/h7,11,14,16H,5-6,8-9H2,1-4H3/t11-,14+,15+/m0/s1. The van der Waals surface area contributed by atoms with Gasteiger partial charge in [0.15, 0.2) is 0 Å². The highest BCUT2D eigenvalue weighted by molar-refractivity contribution is 5.31. The molecule has 0 aromatic carbocycles. The minimum absolute atomic E-state index is 0.198. The fraction of sp³-hybridized carbons (Fsp3) is 0.733. The Balaban J connectivity index is 2.45. The normalized spacial score (nSPS) is 40.2. The predicted octanol–water partition coefficient (Wildman–Crippen LogP) is 3.84. The second-order valence-electron chi connectivity index (χ2n) is 5.99. The minimum Gasteiger partial charge on any atom is -0.389 e. The first-order valence-corrected chi connectivity index (χ1v) is 6.49. The largest absolute Gasteiger partial charge is 0.389 e. The van der Waals surface area contributed by atoms with E-state index in [1.54, 1.807) is 0 Å². The summed E-state index contributed by atoms with van der Waals surface area (Å²) >= 11 is 0. The van der Waals surface area contributed by atoms with E-state index >= 15 is 0 Å². The van der Waals surface area contributed by atoms with Crippen LogP contribution in [-0.2, 0) is 0 Å². The van der Waals surface area contributed by atoms with Gasteiger partial charge in [-0.25, -0.2) is 0 Å². The Morgan fingerprint density at radius 1 is 1.31 bits per heavy atom. The van der Waals surface area contributed by atoms with Crippen molar-refractivity contribution in [2.24, 2.45) is 11.3 Å². The summed E-state index contributed by atoms with van der Waals surface area (Å²) in [7, 11) is 0. The highest BCUT2D eigenvalue weighted by Gasteiger charge is 2.41. The molecule has 1 nitrogen and oxygen atoms in total. The fourth-order valence-corrected chi connectivity index (χ4v) is 3.34. The molecule has 0 bridgehead atoms. The summed E-state index contributed by atoms with van der Waals surface area (Å²) in [6, 6.07) is 0. The average Bonchev–Trinajstić information content (AvgIpc) is 2.38. The van der Waals surface area contributed by atoms with Crippen LogP contribution in [-0.4, -0.2) is 11.2 Å². The van der Waals surface area contributed by atoms with E-state index in [4.69, 9.17) is 0 Å². The topological polar surface area (TPSA) is 20.2 Å². The minimum atomic E-state index is -0.198. The first-order chi connectivity index (χ1) is 7.45. The summed E-state index contributed by atoms with van der Waals surface area (Å²) in [6.07, 6.45) is 6.61. The van der Waals surface area contributed by atoms with Gasteiger partial charge in [0.05, 0.1) is 6.10 Å². The summed E-state index contributed by atoms with van der Waals surface area (Å²) in [6.45, 7) is 9.05. The smallest absolute Gasteiger partial charge is 0.0753 e. The number of aliphatic hydroxyl groups excluding tert-OH is 1. The Hall–Kier alpha value is -0.560. The molecule has 2 aliphatic carbocycles. The average molecular weight is 220 g/mol. The van der Waals surface area contributed by atoms with Gasteiger partial charge in [-0.05, 0) is 56.4 Å². The van der Waals surface area contributed by atoms with Gasteiger partial charge in [-0.2, -0.15) is 0 Å². The highest BCUT2D eigenvalue weighted by atomic mass is 16.3. The van der Waals surface area contributed by atoms with Crippen molar-refractivity contribution in [3.63, 3.8) is 0 Å². The molecule has 0 radical (unpaired) electrons. The van der Waals surface area contributed by atoms with Crippen molar-refractivity contribution in [1.82, 2.24) is 0 Å². The third-order valence-electron chi connectivity index (χ3n) is 4.97. The lowest BCUT2D eigenvalue weighted by Gasteiger charge is -2.44. The van der Waals surface area contributed by atoms with Crippen molar-refractivity contribution < 1.29 is 5.11 Å². The molecular weight excluding hydrogens is 196 g/mol. The summed E-state index contributed by atoms with van der Waals surface area (Å²) in [4.78, 5) is 0. The summed E-state index contributed by atoms with van der Waals surface area (Å²) in [5.41, 5.74) is 4.59. The molecule has 0 aromatic rings. The monoisotopic (exact) mass is 220 g/mol. The van der Waals surface area contributed by atoms with Crippen LogP contribution in [0.1, 0.15) is 53.4 Å². The van der Waals surface area contributed by atoms with Crippen molar-refractivity contribution in [3.05, 3.63) is 22.8 Å². The Labute approximate surface area is 99.3 Å². The summed E-state index contributed by atoms with van der Waals surface area (Å²) in [5.74, 6) is 0.586. The Bertz CT molecular complexity index is 350. The van der Waals surface area contributed by atoms with Crippen molar-refractivity contribution in [1.29, 1.82) is 0 Å². The fourth-order valence-electron chi connectivity index (χ4n) is 3.34.